The van der Waals surface area contributed by atoms with Crippen LogP contribution in [0, 0.1) is 11.7 Å². The van der Waals surface area contributed by atoms with E-state index in [2.05, 4.69) is 0 Å². The molecule has 2 unspecified atom stereocenters. The van der Waals surface area contributed by atoms with E-state index in [0.29, 0.717) is 25.1 Å². The van der Waals surface area contributed by atoms with Gasteiger partial charge < -0.3 is 15.1 Å². The van der Waals surface area contributed by atoms with Gasteiger partial charge in [0.1, 0.15) is 5.82 Å². The number of carboxylic acids is 1. The lowest BCUT2D eigenvalue weighted by Gasteiger charge is -2.33. The van der Waals surface area contributed by atoms with Gasteiger partial charge in [0.25, 0.3) is 0 Å². The van der Waals surface area contributed by atoms with Crippen molar-refractivity contribution in [2.24, 2.45) is 5.92 Å². The van der Waals surface area contributed by atoms with Crippen LogP contribution in [0.1, 0.15) is 43.8 Å². The third kappa shape index (κ3) is 5.32. The van der Waals surface area contributed by atoms with Crippen molar-refractivity contribution in [3.8, 4) is 0 Å². The molecule has 23 heavy (non-hydrogen) atoms. The minimum Gasteiger partial charge on any atom is -0.481 e. The number of aliphatic carboxylic acids is 1. The van der Waals surface area contributed by atoms with Crippen molar-refractivity contribution in [1.29, 1.82) is 0 Å². The second-order valence-corrected chi connectivity index (χ2v) is 6.06. The van der Waals surface area contributed by atoms with Crippen molar-refractivity contribution in [2.75, 3.05) is 13.1 Å². The predicted octanol–water partition coefficient (Wildman–Crippen LogP) is 2.35. The highest BCUT2D eigenvalue weighted by molar-refractivity contribution is 5.77. The van der Waals surface area contributed by atoms with Crippen LogP contribution >= 0.6 is 0 Å². The highest BCUT2D eigenvalue weighted by Crippen LogP contribution is 2.24. The van der Waals surface area contributed by atoms with Gasteiger partial charge in [-0.2, -0.15) is 0 Å². The van der Waals surface area contributed by atoms with Crippen LogP contribution in [-0.2, 0) is 9.59 Å². The van der Waals surface area contributed by atoms with E-state index in [0.717, 1.165) is 12.8 Å². The lowest BCUT2D eigenvalue weighted by molar-refractivity contribution is -0.137. The Labute approximate surface area is 134 Å². The van der Waals surface area contributed by atoms with E-state index in [9.17, 15) is 19.1 Å². The van der Waals surface area contributed by atoms with Gasteiger partial charge in [-0.25, -0.2) is 4.39 Å². The maximum Gasteiger partial charge on any atom is 0.303 e. The number of carbonyl (C=O) groups excluding carboxylic acids is 1. The molecule has 0 aliphatic carbocycles. The Morgan fingerprint density at radius 1 is 1.39 bits per heavy atom. The molecular formula is C17H22FNO4. The highest BCUT2D eigenvalue weighted by atomic mass is 19.1. The molecule has 0 aromatic heterocycles. The molecule has 1 aliphatic rings. The largest absolute Gasteiger partial charge is 0.481 e. The van der Waals surface area contributed by atoms with Gasteiger partial charge in [0.2, 0.25) is 5.91 Å². The minimum absolute atomic E-state index is 0.0882. The molecule has 2 rings (SSSR count). The standard InChI is InChI=1S/C17H22FNO4/c18-14-5-1-4-13(9-14)15(20)10-16(21)19-8-2-3-12(11-19)6-7-17(22)23/h1,4-5,9,12,15,20H,2-3,6-8,10-11H2,(H,22,23). The van der Waals surface area contributed by atoms with Gasteiger partial charge in [-0.1, -0.05) is 12.1 Å². The van der Waals surface area contributed by atoms with E-state index in [4.69, 9.17) is 5.11 Å². The molecule has 0 bridgehead atoms. The number of likely N-dealkylation sites (tertiary alicyclic amines) is 1. The second kappa shape index (κ2) is 8.06. The molecule has 0 spiro atoms. The smallest absolute Gasteiger partial charge is 0.303 e. The quantitative estimate of drug-likeness (QED) is 0.842. The summed E-state index contributed by atoms with van der Waals surface area (Å²) in [5, 5.41) is 18.8. The number of halogens is 1. The Morgan fingerprint density at radius 2 is 2.17 bits per heavy atom. The minimum atomic E-state index is -1.03. The molecule has 1 saturated heterocycles. The fourth-order valence-corrected chi connectivity index (χ4v) is 2.98. The monoisotopic (exact) mass is 323 g/mol. The van der Waals surface area contributed by atoms with Crippen LogP contribution in [0.4, 0.5) is 4.39 Å². The second-order valence-electron chi connectivity index (χ2n) is 6.06. The summed E-state index contributed by atoms with van der Waals surface area (Å²) in [6.45, 7) is 1.15. The average Bonchev–Trinajstić information content (AvgIpc) is 2.53. The summed E-state index contributed by atoms with van der Waals surface area (Å²) in [5.41, 5.74) is 0.387. The van der Waals surface area contributed by atoms with E-state index in [1.54, 1.807) is 11.0 Å². The zero-order valence-electron chi connectivity index (χ0n) is 12.9. The fraction of sp³-hybridized carbons (Fsp3) is 0.529. The van der Waals surface area contributed by atoms with Crippen molar-refractivity contribution in [3.05, 3.63) is 35.6 Å². The zero-order valence-corrected chi connectivity index (χ0v) is 12.9. The van der Waals surface area contributed by atoms with Gasteiger partial charge in [0.05, 0.1) is 12.5 Å². The molecule has 1 heterocycles. The number of piperidine rings is 1. The molecule has 5 nitrogen and oxygen atoms in total. The van der Waals surface area contributed by atoms with E-state index < -0.39 is 17.9 Å². The SMILES string of the molecule is O=C(O)CCC1CCCN(C(=O)CC(O)c2cccc(F)c2)C1. The summed E-state index contributed by atoms with van der Waals surface area (Å²) in [6, 6.07) is 5.60. The van der Waals surface area contributed by atoms with Gasteiger partial charge >= 0.3 is 5.97 Å². The number of aliphatic hydroxyl groups is 1. The number of rotatable bonds is 6. The molecule has 1 aromatic carbocycles. The molecule has 1 aliphatic heterocycles. The van der Waals surface area contributed by atoms with Crippen molar-refractivity contribution in [1.82, 2.24) is 4.90 Å². The van der Waals surface area contributed by atoms with Crippen LogP contribution in [-0.4, -0.2) is 40.1 Å². The first kappa shape index (κ1) is 17.4. The molecule has 2 atom stereocenters. The maximum absolute atomic E-state index is 13.2. The first-order valence-electron chi connectivity index (χ1n) is 7.89. The normalized spacial score (nSPS) is 19.4. The first-order chi connectivity index (χ1) is 11.0. The molecule has 1 fully saturated rings. The molecule has 1 amide bonds. The van der Waals surface area contributed by atoms with Gasteiger partial charge in [-0.05, 0) is 42.9 Å². The van der Waals surface area contributed by atoms with Gasteiger partial charge in [0.15, 0.2) is 0 Å². The zero-order chi connectivity index (χ0) is 16.8. The molecule has 6 heteroatoms. The Morgan fingerprint density at radius 3 is 2.87 bits per heavy atom. The van der Waals surface area contributed by atoms with E-state index in [-0.39, 0.29) is 24.7 Å². The van der Waals surface area contributed by atoms with Gasteiger partial charge in [-0.15, -0.1) is 0 Å². The fourth-order valence-electron chi connectivity index (χ4n) is 2.98. The molecule has 0 radical (unpaired) electrons. The molecule has 126 valence electrons. The number of carboxylic acid groups (broad SMARTS) is 1. The third-order valence-electron chi connectivity index (χ3n) is 4.24. The number of carbonyl (C=O) groups is 2. The van der Waals surface area contributed by atoms with Crippen molar-refractivity contribution >= 4 is 11.9 Å². The van der Waals surface area contributed by atoms with Crippen molar-refractivity contribution in [2.45, 2.75) is 38.2 Å². The molecule has 0 saturated carbocycles. The van der Waals surface area contributed by atoms with Gasteiger partial charge in [-0.3, -0.25) is 9.59 Å². The average molecular weight is 323 g/mol. The molecule has 2 N–H and O–H groups in total. The molecular weight excluding hydrogens is 301 g/mol. The third-order valence-corrected chi connectivity index (χ3v) is 4.24. The summed E-state index contributed by atoms with van der Waals surface area (Å²) in [6.07, 6.45) is 1.31. The Balaban J connectivity index is 1.88. The van der Waals surface area contributed by atoms with Crippen LogP contribution in [0.25, 0.3) is 0 Å². The van der Waals surface area contributed by atoms with E-state index >= 15 is 0 Å². The van der Waals surface area contributed by atoms with Crippen LogP contribution in [0.2, 0.25) is 0 Å². The lowest BCUT2D eigenvalue weighted by Crippen LogP contribution is -2.40. The summed E-state index contributed by atoms with van der Waals surface area (Å²) in [7, 11) is 0. The summed E-state index contributed by atoms with van der Waals surface area (Å²) >= 11 is 0. The molecule has 1 aromatic rings. The number of amides is 1. The Kier molecular flexibility index (Phi) is 6.10. The Bertz CT molecular complexity index is 563. The number of nitrogens with zero attached hydrogens (tertiary/aromatic N) is 1. The van der Waals surface area contributed by atoms with Crippen LogP contribution in [0.5, 0.6) is 0 Å². The van der Waals surface area contributed by atoms with Crippen molar-refractivity contribution < 1.29 is 24.2 Å². The maximum atomic E-state index is 13.2. The van der Waals surface area contributed by atoms with Crippen LogP contribution in [0.15, 0.2) is 24.3 Å². The predicted molar refractivity (Wildman–Crippen MR) is 82.2 cm³/mol. The van der Waals surface area contributed by atoms with E-state index in [1.165, 1.54) is 18.2 Å². The van der Waals surface area contributed by atoms with Crippen molar-refractivity contribution in [3.63, 3.8) is 0 Å². The summed E-state index contributed by atoms with van der Waals surface area (Å²) in [5.74, 6) is -1.26. The first-order valence-corrected chi connectivity index (χ1v) is 7.89. The highest BCUT2D eigenvalue weighted by Gasteiger charge is 2.25. The lowest BCUT2D eigenvalue weighted by atomic mass is 9.93. The van der Waals surface area contributed by atoms with E-state index in [1.807, 2.05) is 0 Å². The number of hydrogen-bond acceptors (Lipinski definition) is 3. The van der Waals surface area contributed by atoms with Crippen LogP contribution in [0.3, 0.4) is 0 Å². The number of aliphatic hydroxyl groups excluding tert-OH is 1. The summed E-state index contributed by atoms with van der Waals surface area (Å²) in [4.78, 5) is 24.6. The Hall–Kier alpha value is -1.95. The number of hydrogen-bond donors (Lipinski definition) is 2. The van der Waals surface area contributed by atoms with Crippen LogP contribution < -0.4 is 0 Å². The van der Waals surface area contributed by atoms with Gasteiger partial charge in [0, 0.05) is 19.5 Å². The number of benzene rings is 1. The summed E-state index contributed by atoms with van der Waals surface area (Å²) < 4.78 is 13.2. The topological polar surface area (TPSA) is 77.8 Å².